The molecule has 0 spiro atoms. The summed E-state index contributed by atoms with van der Waals surface area (Å²) in [7, 11) is 0. The summed E-state index contributed by atoms with van der Waals surface area (Å²) in [6.07, 6.45) is 3.33. The third-order valence-electron chi connectivity index (χ3n) is 3.32. The van der Waals surface area contributed by atoms with Crippen molar-refractivity contribution in [2.45, 2.75) is 45.6 Å². The molecule has 4 heteroatoms. The average Bonchev–Trinajstić information content (AvgIpc) is 2.21. The van der Waals surface area contributed by atoms with Crippen molar-refractivity contribution in [2.75, 3.05) is 13.1 Å². The van der Waals surface area contributed by atoms with Gasteiger partial charge in [0.25, 0.3) is 0 Å². The molecule has 0 aromatic heterocycles. The first-order valence-corrected chi connectivity index (χ1v) is 6.09. The summed E-state index contributed by atoms with van der Waals surface area (Å²) < 4.78 is 0. The van der Waals surface area contributed by atoms with Crippen LogP contribution >= 0.6 is 0 Å². The maximum Gasteiger partial charge on any atom is 0.221 e. The Labute approximate surface area is 97.2 Å². The van der Waals surface area contributed by atoms with E-state index in [0.717, 1.165) is 19.3 Å². The van der Waals surface area contributed by atoms with Gasteiger partial charge in [0, 0.05) is 19.0 Å². The summed E-state index contributed by atoms with van der Waals surface area (Å²) in [6, 6.07) is 0.386. The number of primary amides is 1. The monoisotopic (exact) mass is 226 g/mol. The van der Waals surface area contributed by atoms with Crippen LogP contribution in [0.2, 0.25) is 0 Å². The van der Waals surface area contributed by atoms with Crippen LogP contribution in [0.1, 0.15) is 39.5 Å². The van der Waals surface area contributed by atoms with E-state index in [9.17, 15) is 9.59 Å². The molecule has 1 aliphatic heterocycles. The van der Waals surface area contributed by atoms with Crippen LogP contribution in [0.4, 0.5) is 0 Å². The van der Waals surface area contributed by atoms with Crippen molar-refractivity contribution in [2.24, 2.45) is 11.7 Å². The van der Waals surface area contributed by atoms with Crippen molar-refractivity contribution in [1.29, 1.82) is 0 Å². The summed E-state index contributed by atoms with van der Waals surface area (Å²) in [6.45, 7) is 5.23. The van der Waals surface area contributed by atoms with Gasteiger partial charge in [-0.05, 0) is 26.2 Å². The first-order valence-electron chi connectivity index (χ1n) is 6.09. The third-order valence-corrected chi connectivity index (χ3v) is 3.32. The van der Waals surface area contributed by atoms with Gasteiger partial charge in [-0.25, -0.2) is 0 Å². The fraction of sp³-hybridized carbons (Fsp3) is 0.833. The Morgan fingerprint density at radius 1 is 1.38 bits per heavy atom. The zero-order valence-corrected chi connectivity index (χ0v) is 10.2. The largest absolute Gasteiger partial charge is 0.369 e. The van der Waals surface area contributed by atoms with Crippen molar-refractivity contribution in [3.8, 4) is 0 Å². The lowest BCUT2D eigenvalue weighted by Gasteiger charge is -2.36. The zero-order chi connectivity index (χ0) is 12.1. The topological polar surface area (TPSA) is 63.4 Å². The van der Waals surface area contributed by atoms with E-state index < -0.39 is 0 Å². The minimum atomic E-state index is -0.236. The highest BCUT2D eigenvalue weighted by molar-refractivity contribution is 5.81. The number of hydrogen-bond acceptors (Lipinski definition) is 3. The molecule has 0 aliphatic carbocycles. The standard InChI is InChI=1S/C12H22N2O2/c1-3-4-11(15)8-14-7-10(12(13)16)6-5-9(14)2/h9-10H,3-8H2,1-2H3,(H2,13,16). The maximum atomic E-state index is 11.6. The number of nitrogens with two attached hydrogens (primary N) is 1. The highest BCUT2D eigenvalue weighted by Gasteiger charge is 2.29. The van der Waals surface area contributed by atoms with Crippen LogP contribution < -0.4 is 5.73 Å². The molecule has 2 unspecified atom stereocenters. The lowest BCUT2D eigenvalue weighted by molar-refractivity contribution is -0.127. The molecular weight excluding hydrogens is 204 g/mol. The summed E-state index contributed by atoms with van der Waals surface area (Å²) in [5, 5.41) is 0. The summed E-state index contributed by atoms with van der Waals surface area (Å²) in [4.78, 5) is 24.8. The number of hydrogen-bond donors (Lipinski definition) is 1. The highest BCUT2D eigenvalue weighted by Crippen LogP contribution is 2.21. The van der Waals surface area contributed by atoms with Crippen LogP contribution in [0.25, 0.3) is 0 Å². The van der Waals surface area contributed by atoms with Gasteiger partial charge in [0.15, 0.2) is 0 Å². The molecule has 16 heavy (non-hydrogen) atoms. The van der Waals surface area contributed by atoms with Gasteiger partial charge in [0.2, 0.25) is 5.91 Å². The first-order chi connectivity index (χ1) is 7.54. The van der Waals surface area contributed by atoms with Gasteiger partial charge >= 0.3 is 0 Å². The minimum absolute atomic E-state index is 0.0781. The van der Waals surface area contributed by atoms with Crippen molar-refractivity contribution in [1.82, 2.24) is 4.90 Å². The molecule has 0 bridgehead atoms. The quantitative estimate of drug-likeness (QED) is 0.759. The minimum Gasteiger partial charge on any atom is -0.369 e. The lowest BCUT2D eigenvalue weighted by atomic mass is 9.92. The summed E-state index contributed by atoms with van der Waals surface area (Å²) >= 11 is 0. The molecule has 1 heterocycles. The Morgan fingerprint density at radius 3 is 2.62 bits per heavy atom. The molecule has 1 amide bonds. The number of carbonyl (C=O) groups excluding carboxylic acids is 2. The van der Waals surface area contributed by atoms with Gasteiger partial charge in [-0.3, -0.25) is 14.5 Å². The Balaban J connectivity index is 2.49. The lowest BCUT2D eigenvalue weighted by Crippen LogP contribution is -2.47. The second-order valence-electron chi connectivity index (χ2n) is 4.74. The second kappa shape index (κ2) is 5.99. The van der Waals surface area contributed by atoms with Crippen LogP contribution in [-0.2, 0) is 9.59 Å². The van der Waals surface area contributed by atoms with E-state index in [4.69, 9.17) is 5.73 Å². The van der Waals surface area contributed by atoms with Gasteiger partial charge < -0.3 is 5.73 Å². The van der Waals surface area contributed by atoms with E-state index in [1.54, 1.807) is 0 Å². The maximum absolute atomic E-state index is 11.6. The van der Waals surface area contributed by atoms with Gasteiger partial charge in [-0.2, -0.15) is 0 Å². The van der Waals surface area contributed by atoms with Crippen LogP contribution in [-0.4, -0.2) is 35.7 Å². The number of amides is 1. The highest BCUT2D eigenvalue weighted by atomic mass is 16.1. The van der Waals surface area contributed by atoms with Crippen LogP contribution in [0, 0.1) is 5.92 Å². The molecule has 0 aromatic rings. The van der Waals surface area contributed by atoms with Crippen LogP contribution in [0.5, 0.6) is 0 Å². The molecule has 4 nitrogen and oxygen atoms in total. The molecule has 0 aromatic carbocycles. The smallest absolute Gasteiger partial charge is 0.221 e. The normalized spacial score (nSPS) is 26.6. The number of carbonyl (C=O) groups is 2. The predicted molar refractivity (Wildman–Crippen MR) is 62.9 cm³/mol. The van der Waals surface area contributed by atoms with E-state index in [1.807, 2.05) is 6.92 Å². The number of piperidine rings is 1. The van der Waals surface area contributed by atoms with E-state index in [2.05, 4.69) is 11.8 Å². The van der Waals surface area contributed by atoms with E-state index in [0.29, 0.717) is 25.6 Å². The second-order valence-corrected chi connectivity index (χ2v) is 4.74. The molecule has 2 atom stereocenters. The Bertz CT molecular complexity index is 266. The first kappa shape index (κ1) is 13.2. The number of Topliss-reactive ketones (excluding diaryl/α,β-unsaturated/α-hetero) is 1. The molecule has 1 fully saturated rings. The van der Waals surface area contributed by atoms with E-state index in [1.165, 1.54) is 0 Å². The number of rotatable bonds is 5. The summed E-state index contributed by atoms with van der Waals surface area (Å²) in [5.41, 5.74) is 5.31. The summed E-state index contributed by atoms with van der Waals surface area (Å²) in [5.74, 6) is -0.0510. The fourth-order valence-electron chi connectivity index (χ4n) is 2.22. The van der Waals surface area contributed by atoms with E-state index >= 15 is 0 Å². The van der Waals surface area contributed by atoms with Crippen molar-refractivity contribution < 1.29 is 9.59 Å². The van der Waals surface area contributed by atoms with Gasteiger partial charge in [-0.1, -0.05) is 6.92 Å². The molecule has 0 radical (unpaired) electrons. The predicted octanol–water partition coefficient (Wildman–Crippen LogP) is 0.941. The Hall–Kier alpha value is -0.900. The number of likely N-dealkylation sites (tertiary alicyclic amines) is 1. The molecule has 1 aliphatic rings. The molecular formula is C12H22N2O2. The molecule has 2 N–H and O–H groups in total. The molecule has 1 saturated heterocycles. The zero-order valence-electron chi connectivity index (χ0n) is 10.2. The molecule has 0 saturated carbocycles. The van der Waals surface area contributed by atoms with Crippen molar-refractivity contribution >= 4 is 11.7 Å². The van der Waals surface area contributed by atoms with Crippen LogP contribution in [0.3, 0.4) is 0 Å². The number of ketones is 1. The Kier molecular flexibility index (Phi) is 4.93. The SMILES string of the molecule is CCCC(=O)CN1CC(C(N)=O)CCC1C. The molecule has 1 rings (SSSR count). The van der Waals surface area contributed by atoms with Crippen molar-refractivity contribution in [3.05, 3.63) is 0 Å². The number of nitrogens with zero attached hydrogens (tertiary/aromatic N) is 1. The Morgan fingerprint density at radius 2 is 2.06 bits per heavy atom. The van der Waals surface area contributed by atoms with E-state index in [-0.39, 0.29) is 17.6 Å². The fourth-order valence-corrected chi connectivity index (χ4v) is 2.22. The van der Waals surface area contributed by atoms with Crippen molar-refractivity contribution in [3.63, 3.8) is 0 Å². The average molecular weight is 226 g/mol. The van der Waals surface area contributed by atoms with Gasteiger partial charge in [0.05, 0.1) is 12.5 Å². The van der Waals surface area contributed by atoms with Gasteiger partial charge in [-0.15, -0.1) is 0 Å². The molecule has 92 valence electrons. The van der Waals surface area contributed by atoms with Crippen LogP contribution in [0.15, 0.2) is 0 Å². The van der Waals surface area contributed by atoms with Gasteiger partial charge in [0.1, 0.15) is 5.78 Å². The third kappa shape index (κ3) is 3.59.